The van der Waals surface area contributed by atoms with Crippen LogP contribution in [0.3, 0.4) is 0 Å². The Kier molecular flexibility index (Phi) is 9.07. The summed E-state index contributed by atoms with van der Waals surface area (Å²) < 4.78 is 27.3. The number of amides is 1. The third-order valence-electron chi connectivity index (χ3n) is 10.1. The molecule has 17 heteroatoms. The van der Waals surface area contributed by atoms with Crippen molar-refractivity contribution in [3.63, 3.8) is 0 Å². The van der Waals surface area contributed by atoms with Crippen LogP contribution in [0.4, 0.5) is 26.2 Å². The predicted molar refractivity (Wildman–Crippen MR) is 191 cm³/mol. The highest BCUT2D eigenvalue weighted by Crippen LogP contribution is 2.55. The number of pyridine rings is 3. The van der Waals surface area contributed by atoms with E-state index in [0.717, 1.165) is 30.5 Å². The molecule has 4 aromatic rings. The van der Waals surface area contributed by atoms with Crippen molar-refractivity contribution >= 4 is 52.1 Å². The second-order valence-corrected chi connectivity index (χ2v) is 13.3. The van der Waals surface area contributed by atoms with Gasteiger partial charge in [-0.3, -0.25) is 14.7 Å². The summed E-state index contributed by atoms with van der Waals surface area (Å²) in [5, 5.41) is 18.5. The molecule has 2 saturated heterocycles. The van der Waals surface area contributed by atoms with E-state index in [-0.39, 0.29) is 40.4 Å². The van der Waals surface area contributed by atoms with Crippen molar-refractivity contribution < 1.29 is 43.3 Å². The molecule has 2 aliphatic heterocycles. The van der Waals surface area contributed by atoms with Crippen LogP contribution in [0.1, 0.15) is 28.0 Å². The third-order valence-corrected chi connectivity index (χ3v) is 10.1. The Morgan fingerprint density at radius 2 is 1.87 bits per heavy atom. The molecule has 3 aliphatic rings. The lowest BCUT2D eigenvalue weighted by Crippen LogP contribution is -2.35. The Balaban J connectivity index is 1.37. The lowest BCUT2D eigenvalue weighted by atomic mass is 9.95. The fraction of sp³-hybridized carbons (Fsp3) is 0.297. The number of aromatic carboxylic acids is 1. The fourth-order valence-corrected chi connectivity index (χ4v) is 7.77. The Morgan fingerprint density at radius 3 is 2.59 bits per heavy atom. The second-order valence-electron chi connectivity index (χ2n) is 13.3. The van der Waals surface area contributed by atoms with Gasteiger partial charge in [0.25, 0.3) is 0 Å². The minimum atomic E-state index is -1.37. The van der Waals surface area contributed by atoms with Crippen LogP contribution < -0.4 is 15.2 Å². The summed E-state index contributed by atoms with van der Waals surface area (Å²) in [5.41, 5.74) is 2.33. The predicted octanol–water partition coefficient (Wildman–Crippen LogP) is 3.81. The molecule has 2 fully saturated rings. The van der Waals surface area contributed by atoms with E-state index < -0.39 is 47.6 Å². The molecule has 54 heavy (non-hydrogen) atoms. The van der Waals surface area contributed by atoms with E-state index in [1.807, 2.05) is 7.05 Å². The normalized spacial score (nSPS) is 17.3. The number of carboxylic acid groups (broad SMARTS) is 2. The minimum Gasteiger partial charge on any atom is -0.478 e. The number of esters is 1. The number of hydrogen-bond acceptors (Lipinski definition) is 11. The number of fused-ring (bicyclic) bond motifs is 5. The van der Waals surface area contributed by atoms with Crippen molar-refractivity contribution in [2.24, 2.45) is 13.0 Å². The van der Waals surface area contributed by atoms with E-state index in [9.17, 15) is 29.1 Å². The molecule has 1 aliphatic carbocycles. The van der Waals surface area contributed by atoms with Crippen LogP contribution in [0.15, 0.2) is 47.7 Å². The van der Waals surface area contributed by atoms with Crippen molar-refractivity contribution in [3.8, 4) is 22.3 Å². The first-order chi connectivity index (χ1) is 25.8. The highest BCUT2D eigenvalue weighted by Gasteiger charge is 2.44. The van der Waals surface area contributed by atoms with Crippen LogP contribution in [0.5, 0.6) is 0 Å². The van der Waals surface area contributed by atoms with Gasteiger partial charge in [0.05, 0.1) is 29.0 Å². The van der Waals surface area contributed by atoms with Gasteiger partial charge in [0.1, 0.15) is 17.0 Å². The lowest BCUT2D eigenvalue weighted by Gasteiger charge is -2.31. The van der Waals surface area contributed by atoms with Gasteiger partial charge in [-0.25, -0.2) is 33.4 Å². The van der Waals surface area contributed by atoms with Crippen LogP contribution in [-0.4, -0.2) is 100 Å². The standard InChI is InChI=1S/C37H32FN7O9/c1-39-32-24(38)11-26(44(4)37(52)54-17-53-29(48)6-5-28(46)47)20-10-25-31(30(20)32)33(45-8-7-18-14-42(2)16-27(18)45)22(13-40-25)19-9-21-34(49)23(36(50)51)15-43(3)35(21)41-12-19/h5-6,9,11-13,15,18,27H,7-8,10,14,16-17H2,2-4H3,(H,46,47)(H,50,51)/b6-5+/t18-,27+/m0/s1. The molecule has 276 valence electrons. The number of ether oxygens (including phenoxy) is 2. The topological polar surface area (TPSA) is 189 Å². The molecule has 5 heterocycles. The summed E-state index contributed by atoms with van der Waals surface area (Å²) in [6, 6.07) is 2.69. The Bertz CT molecular complexity index is 2440. The summed E-state index contributed by atoms with van der Waals surface area (Å²) in [6.07, 6.45) is 5.60. The number of halogens is 1. The Morgan fingerprint density at radius 1 is 1.09 bits per heavy atom. The second kappa shape index (κ2) is 13.7. The van der Waals surface area contributed by atoms with Crippen LogP contribution in [0.25, 0.3) is 38.1 Å². The summed E-state index contributed by atoms with van der Waals surface area (Å²) in [7, 11) is 4.96. The third kappa shape index (κ3) is 6.05. The van der Waals surface area contributed by atoms with E-state index in [4.69, 9.17) is 26.1 Å². The quantitative estimate of drug-likeness (QED) is 0.101. The van der Waals surface area contributed by atoms with Crippen molar-refractivity contribution in [1.82, 2.24) is 19.4 Å². The monoisotopic (exact) mass is 737 g/mol. The molecule has 0 unspecified atom stereocenters. The maximum absolute atomic E-state index is 16.0. The van der Waals surface area contributed by atoms with E-state index in [0.29, 0.717) is 58.2 Å². The van der Waals surface area contributed by atoms with Gasteiger partial charge in [-0.2, -0.15) is 0 Å². The molecule has 0 saturated carbocycles. The number of carboxylic acids is 2. The van der Waals surface area contributed by atoms with Gasteiger partial charge in [-0.1, -0.05) is 0 Å². The zero-order chi connectivity index (χ0) is 38.6. The first-order valence-electron chi connectivity index (χ1n) is 16.7. The highest BCUT2D eigenvalue weighted by atomic mass is 19.1. The molecule has 3 aromatic heterocycles. The molecule has 1 amide bonds. The molecule has 2 N–H and O–H groups in total. The van der Waals surface area contributed by atoms with E-state index in [1.54, 1.807) is 25.5 Å². The van der Waals surface area contributed by atoms with Gasteiger partial charge in [-0.15, -0.1) is 0 Å². The Labute approximate surface area is 306 Å². The van der Waals surface area contributed by atoms with Crippen LogP contribution in [-0.2, 0) is 32.5 Å². The molecule has 0 radical (unpaired) electrons. The van der Waals surface area contributed by atoms with Gasteiger partial charge in [-0.05, 0) is 37.1 Å². The maximum atomic E-state index is 16.0. The SMILES string of the molecule is [C-]#[N+]c1c(F)cc(N(C)C(=O)OCOC(=O)/C=C/C(=O)O)c2c1-c1c(ncc(-c3cnc4c(c3)c(=O)c(C(=O)O)cn4C)c1N1CC[C@H]3CN(C)C[C@H]31)C2. The number of aromatic nitrogens is 3. The number of carbonyl (C=O) groups excluding carboxylic acids is 2. The number of benzene rings is 1. The number of hydrogen-bond donors (Lipinski definition) is 2. The summed E-state index contributed by atoms with van der Waals surface area (Å²) in [6.45, 7) is 9.42. The molecule has 7 rings (SSSR count). The van der Waals surface area contributed by atoms with Crippen molar-refractivity contribution in [2.45, 2.75) is 18.9 Å². The van der Waals surface area contributed by atoms with Gasteiger partial charge in [0.15, 0.2) is 0 Å². The van der Waals surface area contributed by atoms with Crippen molar-refractivity contribution in [2.75, 3.05) is 50.3 Å². The highest BCUT2D eigenvalue weighted by molar-refractivity contribution is 6.04. The number of carbonyl (C=O) groups is 4. The summed E-state index contributed by atoms with van der Waals surface area (Å²) >= 11 is 0. The average Bonchev–Trinajstić information content (AvgIpc) is 3.83. The van der Waals surface area contributed by atoms with Gasteiger partial charge >= 0.3 is 24.0 Å². The zero-order valence-corrected chi connectivity index (χ0v) is 29.2. The lowest BCUT2D eigenvalue weighted by molar-refractivity contribution is -0.146. The number of likely N-dealkylation sites (N-methyl/N-ethyl adjacent to an activating group) is 1. The van der Waals surface area contributed by atoms with E-state index in [1.165, 1.54) is 17.8 Å². The van der Waals surface area contributed by atoms with Crippen LogP contribution in [0, 0.1) is 18.3 Å². The summed E-state index contributed by atoms with van der Waals surface area (Å²) in [4.78, 5) is 79.3. The number of nitrogens with zero attached hydrogens (tertiary/aromatic N) is 7. The molecule has 0 bridgehead atoms. The zero-order valence-electron chi connectivity index (χ0n) is 29.2. The van der Waals surface area contributed by atoms with Crippen LogP contribution in [0.2, 0.25) is 0 Å². The van der Waals surface area contributed by atoms with Gasteiger partial charge in [0, 0.05) is 99.2 Å². The summed E-state index contributed by atoms with van der Waals surface area (Å²) in [5.74, 6) is -4.38. The number of anilines is 2. The first kappa shape index (κ1) is 35.7. The van der Waals surface area contributed by atoms with Crippen LogP contribution >= 0.6 is 0 Å². The van der Waals surface area contributed by atoms with E-state index in [2.05, 4.69) is 19.6 Å². The van der Waals surface area contributed by atoms with Gasteiger partial charge < -0.3 is 34.1 Å². The number of aliphatic carboxylic acids is 1. The molecule has 16 nitrogen and oxygen atoms in total. The van der Waals surface area contributed by atoms with Gasteiger partial charge in [0.2, 0.25) is 17.9 Å². The molecule has 2 atom stereocenters. The Hall–Kier alpha value is -6.67. The average molecular weight is 738 g/mol. The fourth-order valence-electron chi connectivity index (χ4n) is 7.77. The largest absolute Gasteiger partial charge is 0.478 e. The first-order valence-corrected chi connectivity index (χ1v) is 16.7. The number of likely N-dealkylation sites (tertiary alicyclic amines) is 1. The smallest absolute Gasteiger partial charge is 0.416 e. The van der Waals surface area contributed by atoms with Crippen molar-refractivity contribution in [3.05, 3.63) is 87.2 Å². The maximum Gasteiger partial charge on any atom is 0.416 e. The van der Waals surface area contributed by atoms with E-state index >= 15 is 4.39 Å². The minimum absolute atomic E-state index is 0.0549. The molecule has 0 spiro atoms. The molecule has 1 aromatic carbocycles. The molecular formula is C37H32FN7O9. The van der Waals surface area contributed by atoms with Crippen molar-refractivity contribution in [1.29, 1.82) is 0 Å². The number of aryl methyl sites for hydroxylation is 1. The number of rotatable bonds is 8. The molecular weight excluding hydrogens is 705 g/mol.